The predicted molar refractivity (Wildman–Crippen MR) is 70.1 cm³/mol. The average Bonchev–Trinajstić information content (AvgIpc) is 2.30. The minimum Gasteiger partial charge on any atom is -0.481 e. The van der Waals surface area contributed by atoms with E-state index in [1.54, 1.807) is 0 Å². The molecule has 0 aliphatic rings. The molecule has 4 heteroatoms. The van der Waals surface area contributed by atoms with Crippen LogP contribution in [0.25, 0.3) is 0 Å². The number of aliphatic carboxylic acids is 1. The number of aliphatic hydroxyl groups is 1. The fraction of sp³-hybridized carbons (Fsp3) is 0.462. The van der Waals surface area contributed by atoms with Gasteiger partial charge in [0.15, 0.2) is 0 Å². The van der Waals surface area contributed by atoms with E-state index in [-0.39, 0.29) is 6.61 Å². The van der Waals surface area contributed by atoms with Crippen LogP contribution in [0.3, 0.4) is 0 Å². The first-order valence-corrected chi connectivity index (χ1v) is 6.54. The van der Waals surface area contributed by atoms with Crippen LogP contribution in [-0.4, -0.2) is 22.8 Å². The second-order valence-electron chi connectivity index (χ2n) is 3.99. The molecular weight excluding hydrogens is 284 g/mol. The van der Waals surface area contributed by atoms with Gasteiger partial charge in [0.05, 0.1) is 5.92 Å². The normalized spacial score (nSPS) is 12.4. The van der Waals surface area contributed by atoms with Crippen molar-refractivity contribution in [2.75, 3.05) is 6.61 Å². The van der Waals surface area contributed by atoms with Crippen LogP contribution in [-0.2, 0) is 4.79 Å². The highest BCUT2D eigenvalue weighted by molar-refractivity contribution is 9.10. The summed E-state index contributed by atoms with van der Waals surface area (Å²) in [5, 5.41) is 17.9. The van der Waals surface area contributed by atoms with E-state index in [1.807, 2.05) is 24.3 Å². The van der Waals surface area contributed by atoms with Gasteiger partial charge in [-0.3, -0.25) is 4.79 Å². The second-order valence-corrected chi connectivity index (χ2v) is 4.84. The molecule has 0 saturated carbocycles. The van der Waals surface area contributed by atoms with Crippen molar-refractivity contribution in [3.05, 3.63) is 34.3 Å². The number of carboxylic acids is 1. The van der Waals surface area contributed by atoms with Crippen molar-refractivity contribution < 1.29 is 15.0 Å². The molecule has 0 aliphatic heterocycles. The van der Waals surface area contributed by atoms with Crippen LogP contribution in [0.1, 0.15) is 37.2 Å². The molecule has 3 nitrogen and oxygen atoms in total. The Morgan fingerprint density at radius 2 is 1.94 bits per heavy atom. The van der Waals surface area contributed by atoms with Gasteiger partial charge in [-0.05, 0) is 24.5 Å². The Morgan fingerprint density at radius 3 is 2.53 bits per heavy atom. The Hall–Kier alpha value is -0.870. The minimum absolute atomic E-state index is 0.173. The van der Waals surface area contributed by atoms with Crippen LogP contribution in [0.2, 0.25) is 0 Å². The molecule has 0 amide bonds. The van der Waals surface area contributed by atoms with Crippen LogP contribution in [0.5, 0.6) is 0 Å². The zero-order valence-electron chi connectivity index (χ0n) is 9.60. The Morgan fingerprint density at radius 1 is 1.24 bits per heavy atom. The lowest BCUT2D eigenvalue weighted by molar-refractivity contribution is -0.139. The van der Waals surface area contributed by atoms with Gasteiger partial charge in [-0.1, -0.05) is 47.0 Å². The molecule has 0 spiro atoms. The SMILES string of the molecule is O=C(O)C(CCCCCO)c1ccccc1Br. The first kappa shape index (κ1) is 14.2. The maximum absolute atomic E-state index is 11.2. The van der Waals surface area contributed by atoms with E-state index < -0.39 is 11.9 Å². The summed E-state index contributed by atoms with van der Waals surface area (Å²) < 4.78 is 0.842. The summed E-state index contributed by atoms with van der Waals surface area (Å²) in [6, 6.07) is 7.43. The lowest BCUT2D eigenvalue weighted by Crippen LogP contribution is -2.12. The Balaban J connectivity index is 2.66. The summed E-state index contributed by atoms with van der Waals surface area (Å²) >= 11 is 3.38. The second kappa shape index (κ2) is 7.45. The number of aliphatic hydroxyl groups excluding tert-OH is 1. The molecule has 0 aliphatic carbocycles. The third-order valence-electron chi connectivity index (χ3n) is 2.73. The fourth-order valence-corrected chi connectivity index (χ4v) is 2.37. The largest absolute Gasteiger partial charge is 0.481 e. The average molecular weight is 301 g/mol. The molecule has 1 aromatic rings. The molecule has 17 heavy (non-hydrogen) atoms. The Labute approximate surface area is 110 Å². The van der Waals surface area contributed by atoms with E-state index in [1.165, 1.54) is 0 Å². The van der Waals surface area contributed by atoms with Gasteiger partial charge in [0.1, 0.15) is 0 Å². The maximum Gasteiger partial charge on any atom is 0.311 e. The summed E-state index contributed by atoms with van der Waals surface area (Å²) in [4.78, 5) is 11.2. The summed E-state index contributed by atoms with van der Waals surface area (Å²) in [5.74, 6) is -1.26. The minimum atomic E-state index is -0.791. The number of halogens is 1. The Bertz CT molecular complexity index is 365. The van der Waals surface area contributed by atoms with Gasteiger partial charge in [0.2, 0.25) is 0 Å². The van der Waals surface area contributed by atoms with Crippen LogP contribution in [0, 0.1) is 0 Å². The molecule has 0 bridgehead atoms. The highest BCUT2D eigenvalue weighted by Crippen LogP contribution is 2.29. The molecule has 0 heterocycles. The highest BCUT2D eigenvalue weighted by Gasteiger charge is 2.21. The molecule has 94 valence electrons. The van der Waals surface area contributed by atoms with Crippen molar-refractivity contribution >= 4 is 21.9 Å². The van der Waals surface area contributed by atoms with Crippen LogP contribution in [0.15, 0.2) is 28.7 Å². The van der Waals surface area contributed by atoms with Gasteiger partial charge < -0.3 is 10.2 Å². The van der Waals surface area contributed by atoms with E-state index in [9.17, 15) is 9.90 Å². The standard InChI is InChI=1S/C13H17BrO3/c14-12-8-4-3-6-10(12)11(13(16)17)7-2-1-5-9-15/h3-4,6,8,11,15H,1-2,5,7,9H2,(H,16,17). The topological polar surface area (TPSA) is 57.5 Å². The lowest BCUT2D eigenvalue weighted by Gasteiger charge is -2.14. The van der Waals surface area contributed by atoms with Crippen LogP contribution >= 0.6 is 15.9 Å². The molecule has 1 aromatic carbocycles. The zero-order chi connectivity index (χ0) is 12.7. The van der Waals surface area contributed by atoms with Crippen molar-refractivity contribution in [2.24, 2.45) is 0 Å². The molecule has 1 rings (SSSR count). The number of unbranched alkanes of at least 4 members (excludes halogenated alkanes) is 2. The van der Waals surface area contributed by atoms with E-state index in [0.29, 0.717) is 6.42 Å². The smallest absolute Gasteiger partial charge is 0.311 e. The predicted octanol–water partition coefficient (Wildman–Crippen LogP) is 3.17. The van der Waals surface area contributed by atoms with Gasteiger partial charge in [-0.15, -0.1) is 0 Å². The quantitative estimate of drug-likeness (QED) is 0.761. The number of carbonyl (C=O) groups is 1. The summed E-state index contributed by atoms with van der Waals surface area (Å²) in [5.41, 5.74) is 0.823. The Kier molecular flexibility index (Phi) is 6.22. The monoisotopic (exact) mass is 300 g/mol. The van der Waals surface area contributed by atoms with Crippen molar-refractivity contribution in [3.8, 4) is 0 Å². The summed E-state index contributed by atoms with van der Waals surface area (Å²) in [6.45, 7) is 0.173. The first-order chi connectivity index (χ1) is 8.16. The third kappa shape index (κ3) is 4.48. The van der Waals surface area contributed by atoms with E-state index >= 15 is 0 Å². The van der Waals surface area contributed by atoms with E-state index in [4.69, 9.17) is 5.11 Å². The van der Waals surface area contributed by atoms with E-state index in [2.05, 4.69) is 15.9 Å². The molecular formula is C13H17BrO3. The molecule has 0 radical (unpaired) electrons. The number of rotatable bonds is 7. The third-order valence-corrected chi connectivity index (χ3v) is 3.45. The van der Waals surface area contributed by atoms with Gasteiger partial charge in [-0.2, -0.15) is 0 Å². The zero-order valence-corrected chi connectivity index (χ0v) is 11.2. The number of carboxylic acid groups (broad SMARTS) is 1. The number of benzene rings is 1. The highest BCUT2D eigenvalue weighted by atomic mass is 79.9. The molecule has 0 aromatic heterocycles. The molecule has 0 saturated heterocycles. The van der Waals surface area contributed by atoms with Crippen LogP contribution < -0.4 is 0 Å². The van der Waals surface area contributed by atoms with Gasteiger partial charge in [0.25, 0.3) is 0 Å². The fourth-order valence-electron chi connectivity index (χ4n) is 1.81. The number of hydrogen-bond donors (Lipinski definition) is 2. The molecule has 0 fully saturated rings. The van der Waals surface area contributed by atoms with Crippen molar-refractivity contribution in [3.63, 3.8) is 0 Å². The molecule has 1 atom stereocenters. The molecule has 1 unspecified atom stereocenters. The van der Waals surface area contributed by atoms with Gasteiger partial charge in [0, 0.05) is 11.1 Å². The van der Waals surface area contributed by atoms with Crippen molar-refractivity contribution in [2.45, 2.75) is 31.6 Å². The summed E-state index contributed by atoms with van der Waals surface area (Å²) in [6.07, 6.45) is 3.03. The van der Waals surface area contributed by atoms with Gasteiger partial charge >= 0.3 is 5.97 Å². The maximum atomic E-state index is 11.2. The molecule has 2 N–H and O–H groups in total. The summed E-state index contributed by atoms with van der Waals surface area (Å²) in [7, 11) is 0. The van der Waals surface area contributed by atoms with Gasteiger partial charge in [-0.25, -0.2) is 0 Å². The van der Waals surface area contributed by atoms with Crippen LogP contribution in [0.4, 0.5) is 0 Å². The number of hydrogen-bond acceptors (Lipinski definition) is 2. The lowest BCUT2D eigenvalue weighted by atomic mass is 9.93. The van der Waals surface area contributed by atoms with E-state index in [0.717, 1.165) is 29.3 Å². The van der Waals surface area contributed by atoms with Crippen molar-refractivity contribution in [1.29, 1.82) is 0 Å². The van der Waals surface area contributed by atoms with Crippen molar-refractivity contribution in [1.82, 2.24) is 0 Å². The first-order valence-electron chi connectivity index (χ1n) is 5.75.